The third-order valence-corrected chi connectivity index (χ3v) is 3.79. The summed E-state index contributed by atoms with van der Waals surface area (Å²) in [5.74, 6) is 1.27. The van der Waals surface area contributed by atoms with Crippen molar-refractivity contribution in [2.24, 2.45) is 0 Å². The van der Waals surface area contributed by atoms with Gasteiger partial charge >= 0.3 is 0 Å². The minimum atomic E-state index is -0.0424. The van der Waals surface area contributed by atoms with Crippen LogP contribution in [-0.2, 0) is 6.42 Å². The molecule has 0 amide bonds. The van der Waals surface area contributed by atoms with E-state index in [9.17, 15) is 9.90 Å². The predicted octanol–water partition coefficient (Wildman–Crippen LogP) is 3.23. The van der Waals surface area contributed by atoms with Crippen molar-refractivity contribution >= 4 is 11.9 Å². The minimum absolute atomic E-state index is 0.0424. The van der Waals surface area contributed by atoms with Gasteiger partial charge in [-0.2, -0.15) is 0 Å². The van der Waals surface area contributed by atoms with Crippen LogP contribution in [0, 0.1) is 0 Å². The molecule has 0 heterocycles. The number of rotatable bonds is 3. The molecule has 112 valence electrons. The molecule has 0 saturated heterocycles. The number of phenols is 1. The zero-order valence-electron chi connectivity index (χ0n) is 12.4. The van der Waals surface area contributed by atoms with Crippen LogP contribution in [0.5, 0.6) is 17.2 Å². The molecule has 4 nitrogen and oxygen atoms in total. The lowest BCUT2D eigenvalue weighted by Crippen LogP contribution is -1.97. The Hall–Kier alpha value is -2.75. The number of hydrogen-bond acceptors (Lipinski definition) is 4. The van der Waals surface area contributed by atoms with Crippen LogP contribution in [0.15, 0.2) is 42.0 Å². The molecule has 0 atom stereocenters. The highest BCUT2D eigenvalue weighted by Gasteiger charge is 2.27. The Labute approximate surface area is 128 Å². The quantitative estimate of drug-likeness (QED) is 0.884. The fraction of sp³-hybridized carbons (Fsp3) is 0.167. The molecule has 1 aliphatic rings. The molecule has 0 radical (unpaired) electrons. The van der Waals surface area contributed by atoms with Crippen molar-refractivity contribution in [3.8, 4) is 17.2 Å². The largest absolute Gasteiger partial charge is 0.507 e. The first-order valence-corrected chi connectivity index (χ1v) is 6.92. The minimum Gasteiger partial charge on any atom is -0.507 e. The van der Waals surface area contributed by atoms with Gasteiger partial charge in [-0.15, -0.1) is 0 Å². The van der Waals surface area contributed by atoms with Crippen molar-refractivity contribution in [2.45, 2.75) is 6.42 Å². The SMILES string of the molecule is COc1cc2c(cc1OC)C(=O)/C(=C\c1ccccc1O)C2. The van der Waals surface area contributed by atoms with Gasteiger partial charge in [-0.25, -0.2) is 0 Å². The number of hydrogen-bond donors (Lipinski definition) is 1. The molecule has 4 heteroatoms. The molecule has 0 bridgehead atoms. The van der Waals surface area contributed by atoms with E-state index in [-0.39, 0.29) is 11.5 Å². The first-order chi connectivity index (χ1) is 10.6. The van der Waals surface area contributed by atoms with Gasteiger partial charge in [-0.05, 0) is 29.8 Å². The van der Waals surface area contributed by atoms with E-state index in [0.29, 0.717) is 34.6 Å². The number of para-hydroxylation sites is 1. The van der Waals surface area contributed by atoms with E-state index in [0.717, 1.165) is 5.56 Å². The lowest BCUT2D eigenvalue weighted by Gasteiger charge is -2.08. The highest BCUT2D eigenvalue weighted by Crippen LogP contribution is 2.37. The summed E-state index contributed by atoms with van der Waals surface area (Å²) in [6, 6.07) is 10.5. The van der Waals surface area contributed by atoms with Gasteiger partial charge in [0.1, 0.15) is 5.75 Å². The van der Waals surface area contributed by atoms with Crippen LogP contribution >= 0.6 is 0 Å². The van der Waals surface area contributed by atoms with Crippen LogP contribution in [0.3, 0.4) is 0 Å². The second-order valence-corrected chi connectivity index (χ2v) is 5.10. The number of carbonyl (C=O) groups excluding carboxylic acids is 1. The summed E-state index contributed by atoms with van der Waals surface area (Å²) in [6.07, 6.45) is 2.25. The maximum atomic E-state index is 12.5. The van der Waals surface area contributed by atoms with Gasteiger partial charge in [-0.3, -0.25) is 4.79 Å². The lowest BCUT2D eigenvalue weighted by molar-refractivity contribution is 0.104. The first-order valence-electron chi connectivity index (χ1n) is 6.92. The standard InChI is InChI=1S/C18H16O4/c1-21-16-9-12-8-13(7-11-5-3-4-6-15(11)19)18(20)14(12)10-17(16)22-2/h3-7,9-10,19H,8H2,1-2H3/b13-7-. The molecule has 0 unspecified atom stereocenters. The molecule has 0 saturated carbocycles. The van der Waals surface area contributed by atoms with Gasteiger partial charge in [0, 0.05) is 23.1 Å². The molecule has 0 fully saturated rings. The van der Waals surface area contributed by atoms with Gasteiger partial charge in [0.15, 0.2) is 17.3 Å². The number of ketones is 1. The summed E-state index contributed by atoms with van der Waals surface area (Å²) < 4.78 is 10.5. The van der Waals surface area contributed by atoms with E-state index in [2.05, 4.69) is 0 Å². The zero-order chi connectivity index (χ0) is 15.7. The van der Waals surface area contributed by atoms with Crippen molar-refractivity contribution in [3.05, 3.63) is 58.7 Å². The normalized spacial score (nSPS) is 15.0. The Morgan fingerprint density at radius 3 is 2.45 bits per heavy atom. The third kappa shape index (κ3) is 2.33. The van der Waals surface area contributed by atoms with Crippen molar-refractivity contribution < 1.29 is 19.4 Å². The second kappa shape index (κ2) is 5.56. The highest BCUT2D eigenvalue weighted by atomic mass is 16.5. The fourth-order valence-electron chi connectivity index (χ4n) is 2.65. The fourth-order valence-corrected chi connectivity index (χ4v) is 2.65. The number of fused-ring (bicyclic) bond motifs is 1. The molecule has 0 aromatic heterocycles. The van der Waals surface area contributed by atoms with E-state index < -0.39 is 0 Å². The number of Topliss-reactive ketones (excluding diaryl/α,β-unsaturated/α-hetero) is 1. The zero-order valence-corrected chi connectivity index (χ0v) is 12.4. The van der Waals surface area contributed by atoms with Gasteiger partial charge < -0.3 is 14.6 Å². The predicted molar refractivity (Wildman–Crippen MR) is 83.7 cm³/mol. The number of carbonyl (C=O) groups is 1. The maximum Gasteiger partial charge on any atom is 0.189 e. The Kier molecular flexibility index (Phi) is 3.59. The van der Waals surface area contributed by atoms with Crippen LogP contribution < -0.4 is 9.47 Å². The summed E-state index contributed by atoms with van der Waals surface area (Å²) in [4.78, 5) is 12.5. The molecular weight excluding hydrogens is 280 g/mol. The van der Waals surface area contributed by atoms with Gasteiger partial charge in [0.05, 0.1) is 14.2 Å². The third-order valence-electron chi connectivity index (χ3n) is 3.79. The Morgan fingerprint density at radius 1 is 1.09 bits per heavy atom. The van der Waals surface area contributed by atoms with Crippen molar-refractivity contribution in [3.63, 3.8) is 0 Å². The number of methoxy groups -OCH3 is 2. The van der Waals surface area contributed by atoms with Crippen molar-refractivity contribution in [1.29, 1.82) is 0 Å². The first kappa shape index (κ1) is 14.2. The molecule has 0 aliphatic heterocycles. The van der Waals surface area contributed by atoms with E-state index in [1.165, 1.54) is 0 Å². The van der Waals surface area contributed by atoms with Crippen LogP contribution in [0.4, 0.5) is 0 Å². The average molecular weight is 296 g/mol. The monoisotopic (exact) mass is 296 g/mol. The lowest BCUT2D eigenvalue weighted by atomic mass is 10.1. The smallest absolute Gasteiger partial charge is 0.189 e. The Bertz CT molecular complexity index is 775. The molecule has 1 N–H and O–H groups in total. The number of aromatic hydroxyl groups is 1. The molecule has 2 aromatic carbocycles. The van der Waals surface area contributed by atoms with Crippen LogP contribution in [-0.4, -0.2) is 25.1 Å². The second-order valence-electron chi connectivity index (χ2n) is 5.10. The number of allylic oxidation sites excluding steroid dienone is 1. The summed E-state index contributed by atoms with van der Waals surface area (Å²) >= 11 is 0. The summed E-state index contributed by atoms with van der Waals surface area (Å²) in [5, 5.41) is 9.84. The van der Waals surface area contributed by atoms with E-state index in [1.54, 1.807) is 44.6 Å². The maximum absolute atomic E-state index is 12.5. The molecule has 0 spiro atoms. The molecule has 2 aromatic rings. The van der Waals surface area contributed by atoms with Gasteiger partial charge in [0.2, 0.25) is 0 Å². The molecule has 3 rings (SSSR count). The van der Waals surface area contributed by atoms with Crippen molar-refractivity contribution in [1.82, 2.24) is 0 Å². The summed E-state index contributed by atoms with van der Waals surface area (Å²) in [6.45, 7) is 0. The number of benzene rings is 2. The Morgan fingerprint density at radius 2 is 1.77 bits per heavy atom. The topological polar surface area (TPSA) is 55.8 Å². The highest BCUT2D eigenvalue weighted by molar-refractivity contribution is 6.16. The summed E-state index contributed by atoms with van der Waals surface area (Å²) in [7, 11) is 3.11. The summed E-state index contributed by atoms with van der Waals surface area (Å²) in [5.41, 5.74) is 2.81. The van der Waals surface area contributed by atoms with E-state index >= 15 is 0 Å². The van der Waals surface area contributed by atoms with Crippen LogP contribution in [0.1, 0.15) is 21.5 Å². The van der Waals surface area contributed by atoms with E-state index in [4.69, 9.17) is 9.47 Å². The Balaban J connectivity index is 2.03. The van der Waals surface area contributed by atoms with Gasteiger partial charge in [-0.1, -0.05) is 18.2 Å². The van der Waals surface area contributed by atoms with E-state index in [1.807, 2.05) is 12.1 Å². The number of ether oxygens (including phenoxy) is 2. The van der Waals surface area contributed by atoms with Crippen molar-refractivity contribution in [2.75, 3.05) is 14.2 Å². The molecule has 1 aliphatic carbocycles. The van der Waals surface area contributed by atoms with Crippen LogP contribution in [0.2, 0.25) is 0 Å². The molecule has 22 heavy (non-hydrogen) atoms. The molecular formula is C18H16O4. The van der Waals surface area contributed by atoms with Crippen LogP contribution in [0.25, 0.3) is 6.08 Å². The van der Waals surface area contributed by atoms with Gasteiger partial charge in [0.25, 0.3) is 0 Å². The number of phenolic OH excluding ortho intramolecular Hbond substituents is 1. The average Bonchev–Trinajstić information content (AvgIpc) is 2.84.